The van der Waals surface area contributed by atoms with Gasteiger partial charge in [-0.25, -0.2) is 0 Å². The number of methoxy groups -OCH3 is 2. The molecule has 0 atom stereocenters. The molecular weight excluding hydrogens is 429 g/mol. The summed E-state index contributed by atoms with van der Waals surface area (Å²) in [5, 5.41) is 6.58. The zero-order valence-electron chi connectivity index (χ0n) is 14.9. The van der Waals surface area contributed by atoms with Crippen LogP contribution in [0.4, 0.5) is 5.69 Å². The molecule has 0 saturated heterocycles. The molecule has 0 aromatic heterocycles. The van der Waals surface area contributed by atoms with Crippen LogP contribution in [0.15, 0.2) is 53.5 Å². The van der Waals surface area contributed by atoms with E-state index in [1.807, 2.05) is 24.3 Å². The van der Waals surface area contributed by atoms with Gasteiger partial charge in [0.15, 0.2) is 17.5 Å². The lowest BCUT2D eigenvalue weighted by atomic mass is 10.1. The Hall–Kier alpha value is -1.96. The molecule has 2 N–H and O–H groups in total. The van der Waals surface area contributed by atoms with Crippen LogP contribution in [-0.4, -0.2) is 33.8 Å². The Labute approximate surface area is 166 Å². The summed E-state index contributed by atoms with van der Waals surface area (Å²) in [5.74, 6) is 2.12. The Kier molecular flexibility index (Phi) is 9.76. The molecule has 6 heteroatoms. The maximum Gasteiger partial charge on any atom is 0.195 e. The molecule has 0 radical (unpaired) electrons. The number of nitrogens with zero attached hydrogens (tertiary/aromatic N) is 1. The van der Waals surface area contributed by atoms with E-state index in [1.165, 1.54) is 5.56 Å². The first-order valence-corrected chi connectivity index (χ1v) is 8.00. The number of benzene rings is 2. The highest BCUT2D eigenvalue weighted by Gasteiger charge is 2.06. The SMILES string of the molecule is CN=C(NCCCc1ccccc1)Nc1ccc(OC)c(OC)c1.I. The zero-order valence-corrected chi connectivity index (χ0v) is 17.2. The van der Waals surface area contributed by atoms with E-state index < -0.39 is 0 Å². The first-order chi connectivity index (χ1) is 11.8. The topological polar surface area (TPSA) is 54.9 Å². The highest BCUT2D eigenvalue weighted by molar-refractivity contribution is 14.0. The van der Waals surface area contributed by atoms with Crippen LogP contribution in [0.25, 0.3) is 0 Å². The van der Waals surface area contributed by atoms with Crippen molar-refractivity contribution in [3.63, 3.8) is 0 Å². The number of ether oxygens (including phenoxy) is 2. The van der Waals surface area contributed by atoms with Crippen molar-refractivity contribution in [1.29, 1.82) is 0 Å². The van der Waals surface area contributed by atoms with E-state index in [-0.39, 0.29) is 24.0 Å². The Balaban J connectivity index is 0.00000312. The quantitative estimate of drug-likeness (QED) is 0.288. The predicted octanol–water partition coefficient (Wildman–Crippen LogP) is 3.94. The fourth-order valence-corrected chi connectivity index (χ4v) is 2.37. The first-order valence-electron chi connectivity index (χ1n) is 8.00. The van der Waals surface area contributed by atoms with Crippen LogP contribution in [0.2, 0.25) is 0 Å². The molecule has 0 unspecified atom stereocenters. The van der Waals surface area contributed by atoms with Crippen molar-refractivity contribution in [2.24, 2.45) is 4.99 Å². The van der Waals surface area contributed by atoms with Gasteiger partial charge in [0.1, 0.15) is 0 Å². The van der Waals surface area contributed by atoms with E-state index in [4.69, 9.17) is 9.47 Å². The van der Waals surface area contributed by atoms with Crippen LogP contribution in [0.1, 0.15) is 12.0 Å². The monoisotopic (exact) mass is 455 g/mol. The fraction of sp³-hybridized carbons (Fsp3) is 0.316. The summed E-state index contributed by atoms with van der Waals surface area (Å²) in [4.78, 5) is 4.25. The fourth-order valence-electron chi connectivity index (χ4n) is 2.37. The van der Waals surface area contributed by atoms with Gasteiger partial charge in [-0.3, -0.25) is 4.99 Å². The minimum Gasteiger partial charge on any atom is -0.493 e. The summed E-state index contributed by atoms with van der Waals surface area (Å²) >= 11 is 0. The lowest BCUT2D eigenvalue weighted by Gasteiger charge is -2.14. The van der Waals surface area contributed by atoms with Gasteiger partial charge in [0.25, 0.3) is 0 Å². The van der Waals surface area contributed by atoms with Crippen LogP contribution >= 0.6 is 24.0 Å². The molecule has 0 spiro atoms. The molecule has 0 aliphatic carbocycles. The molecule has 0 aliphatic rings. The Morgan fingerprint density at radius 2 is 1.72 bits per heavy atom. The van der Waals surface area contributed by atoms with Gasteiger partial charge in [0, 0.05) is 25.3 Å². The van der Waals surface area contributed by atoms with E-state index in [1.54, 1.807) is 21.3 Å². The molecule has 0 heterocycles. The molecule has 0 amide bonds. The van der Waals surface area contributed by atoms with E-state index >= 15 is 0 Å². The molecule has 0 aliphatic heterocycles. The minimum atomic E-state index is 0. The Morgan fingerprint density at radius 3 is 2.36 bits per heavy atom. The van der Waals surface area contributed by atoms with Gasteiger partial charge < -0.3 is 20.1 Å². The van der Waals surface area contributed by atoms with Gasteiger partial charge >= 0.3 is 0 Å². The molecule has 0 bridgehead atoms. The zero-order chi connectivity index (χ0) is 17.2. The van der Waals surface area contributed by atoms with Crippen molar-refractivity contribution < 1.29 is 9.47 Å². The van der Waals surface area contributed by atoms with Crippen molar-refractivity contribution in [2.45, 2.75) is 12.8 Å². The van der Waals surface area contributed by atoms with E-state index in [9.17, 15) is 0 Å². The van der Waals surface area contributed by atoms with E-state index in [0.717, 1.165) is 31.0 Å². The van der Waals surface area contributed by atoms with Gasteiger partial charge in [-0.15, -0.1) is 24.0 Å². The van der Waals surface area contributed by atoms with Gasteiger partial charge in [-0.2, -0.15) is 0 Å². The highest BCUT2D eigenvalue weighted by Crippen LogP contribution is 2.29. The van der Waals surface area contributed by atoms with Crippen LogP contribution in [-0.2, 0) is 6.42 Å². The second-order valence-electron chi connectivity index (χ2n) is 5.28. The third-order valence-corrected chi connectivity index (χ3v) is 3.65. The highest BCUT2D eigenvalue weighted by atomic mass is 127. The number of halogens is 1. The van der Waals surface area contributed by atoms with Gasteiger partial charge in [0.2, 0.25) is 0 Å². The van der Waals surface area contributed by atoms with Gasteiger partial charge in [-0.05, 0) is 30.5 Å². The lowest BCUT2D eigenvalue weighted by Crippen LogP contribution is -2.31. The molecule has 2 aromatic rings. The number of aryl methyl sites for hydroxylation is 1. The molecule has 5 nitrogen and oxygen atoms in total. The second kappa shape index (κ2) is 11.6. The number of rotatable bonds is 7. The number of hydrogen-bond donors (Lipinski definition) is 2. The Bertz CT molecular complexity index is 663. The summed E-state index contributed by atoms with van der Waals surface area (Å²) in [5.41, 5.74) is 2.24. The standard InChI is InChI=1S/C19H25N3O2.HI/c1-20-19(21-13-7-10-15-8-5-4-6-9-15)22-16-11-12-17(23-2)18(14-16)24-3;/h4-6,8-9,11-12,14H,7,10,13H2,1-3H3,(H2,20,21,22);1H. The first kappa shape index (κ1) is 21.1. The minimum absolute atomic E-state index is 0. The van der Waals surface area contributed by atoms with Crippen LogP contribution in [0, 0.1) is 0 Å². The maximum atomic E-state index is 5.31. The summed E-state index contributed by atoms with van der Waals surface area (Å²) in [7, 11) is 5.00. The molecule has 2 rings (SSSR count). The van der Waals surface area contributed by atoms with Gasteiger partial charge in [-0.1, -0.05) is 30.3 Å². The number of aliphatic imine (C=N–C) groups is 1. The summed E-state index contributed by atoms with van der Waals surface area (Å²) < 4.78 is 10.6. The van der Waals surface area contributed by atoms with Crippen molar-refractivity contribution >= 4 is 35.6 Å². The van der Waals surface area contributed by atoms with Crippen molar-refractivity contribution in [3.05, 3.63) is 54.1 Å². The molecule has 0 saturated carbocycles. The van der Waals surface area contributed by atoms with Crippen molar-refractivity contribution in [1.82, 2.24) is 5.32 Å². The second-order valence-corrected chi connectivity index (χ2v) is 5.28. The summed E-state index contributed by atoms with van der Waals surface area (Å²) in [6.45, 7) is 0.849. The number of nitrogens with one attached hydrogen (secondary N) is 2. The molecule has 136 valence electrons. The molecule has 2 aromatic carbocycles. The van der Waals surface area contributed by atoms with E-state index in [2.05, 4.69) is 39.9 Å². The number of anilines is 1. The molecule has 25 heavy (non-hydrogen) atoms. The maximum absolute atomic E-state index is 5.31. The van der Waals surface area contributed by atoms with Gasteiger partial charge in [0.05, 0.1) is 14.2 Å². The predicted molar refractivity (Wildman–Crippen MR) is 115 cm³/mol. The largest absolute Gasteiger partial charge is 0.493 e. The van der Waals surface area contributed by atoms with Crippen molar-refractivity contribution in [3.8, 4) is 11.5 Å². The molecular formula is C19H26IN3O2. The lowest BCUT2D eigenvalue weighted by molar-refractivity contribution is 0.355. The average molecular weight is 455 g/mol. The third-order valence-electron chi connectivity index (χ3n) is 3.65. The van der Waals surface area contributed by atoms with Crippen LogP contribution in [0.5, 0.6) is 11.5 Å². The number of guanidine groups is 1. The summed E-state index contributed by atoms with van der Waals surface area (Å²) in [6, 6.07) is 16.2. The van der Waals surface area contributed by atoms with E-state index in [0.29, 0.717) is 11.5 Å². The normalized spacial score (nSPS) is 10.6. The van der Waals surface area contributed by atoms with Crippen LogP contribution in [0.3, 0.4) is 0 Å². The average Bonchev–Trinajstić information content (AvgIpc) is 2.64. The molecule has 0 fully saturated rings. The third kappa shape index (κ3) is 6.81. The number of hydrogen-bond acceptors (Lipinski definition) is 3. The Morgan fingerprint density at radius 1 is 1.00 bits per heavy atom. The summed E-state index contributed by atoms with van der Waals surface area (Å²) in [6.07, 6.45) is 2.08. The van der Waals surface area contributed by atoms with Crippen molar-refractivity contribution in [2.75, 3.05) is 33.1 Å². The smallest absolute Gasteiger partial charge is 0.195 e. The van der Waals surface area contributed by atoms with Crippen LogP contribution < -0.4 is 20.1 Å².